The van der Waals surface area contributed by atoms with Crippen molar-refractivity contribution in [2.45, 2.75) is 13.0 Å². The standard InChI is InChI=1S/C15H14N2O2/c1-9-3-2-4-10(7-9)14(16)11-5-6-12-13(8-11)19-15(18)17-12/h2-8,14H,16H2,1H3,(H,17,18). The van der Waals surface area contributed by atoms with Crippen LogP contribution in [-0.2, 0) is 0 Å². The summed E-state index contributed by atoms with van der Waals surface area (Å²) < 4.78 is 5.05. The van der Waals surface area contributed by atoms with Crippen LogP contribution in [0.15, 0.2) is 51.7 Å². The van der Waals surface area contributed by atoms with E-state index >= 15 is 0 Å². The third-order valence-electron chi connectivity index (χ3n) is 3.21. The maximum Gasteiger partial charge on any atom is 0.417 e. The second kappa shape index (κ2) is 4.40. The zero-order valence-electron chi connectivity index (χ0n) is 10.5. The molecule has 0 aliphatic heterocycles. The van der Waals surface area contributed by atoms with Gasteiger partial charge in [-0.15, -0.1) is 0 Å². The Morgan fingerprint density at radius 1 is 1.16 bits per heavy atom. The number of aromatic nitrogens is 1. The van der Waals surface area contributed by atoms with E-state index in [2.05, 4.69) is 11.1 Å². The lowest BCUT2D eigenvalue weighted by atomic mass is 9.98. The number of hydrogen-bond donors (Lipinski definition) is 2. The van der Waals surface area contributed by atoms with E-state index in [1.54, 1.807) is 6.07 Å². The van der Waals surface area contributed by atoms with Crippen molar-refractivity contribution in [2.75, 3.05) is 0 Å². The van der Waals surface area contributed by atoms with Crippen LogP contribution < -0.4 is 11.5 Å². The molecule has 1 unspecified atom stereocenters. The van der Waals surface area contributed by atoms with Gasteiger partial charge in [-0.25, -0.2) is 4.79 Å². The van der Waals surface area contributed by atoms with Crippen LogP contribution in [0.2, 0.25) is 0 Å². The number of aromatic amines is 1. The lowest BCUT2D eigenvalue weighted by Gasteiger charge is -2.13. The van der Waals surface area contributed by atoms with Crippen LogP contribution in [0.5, 0.6) is 0 Å². The number of hydrogen-bond acceptors (Lipinski definition) is 3. The molecule has 0 radical (unpaired) electrons. The molecular weight excluding hydrogens is 240 g/mol. The van der Waals surface area contributed by atoms with Gasteiger partial charge in [-0.2, -0.15) is 0 Å². The summed E-state index contributed by atoms with van der Waals surface area (Å²) >= 11 is 0. The Kier molecular flexibility index (Phi) is 2.72. The summed E-state index contributed by atoms with van der Waals surface area (Å²) in [5.41, 5.74) is 10.6. The first kappa shape index (κ1) is 11.7. The van der Waals surface area contributed by atoms with Crippen molar-refractivity contribution in [1.82, 2.24) is 4.98 Å². The smallest absolute Gasteiger partial charge is 0.408 e. The van der Waals surface area contributed by atoms with Crippen molar-refractivity contribution in [3.63, 3.8) is 0 Å². The van der Waals surface area contributed by atoms with E-state index in [0.717, 1.165) is 11.1 Å². The first-order chi connectivity index (χ1) is 9.13. The van der Waals surface area contributed by atoms with Gasteiger partial charge in [-0.05, 0) is 30.2 Å². The second-order valence-corrected chi connectivity index (χ2v) is 4.66. The molecule has 1 heterocycles. The summed E-state index contributed by atoms with van der Waals surface area (Å²) in [5, 5.41) is 0. The number of nitrogens with two attached hydrogens (primary N) is 1. The average Bonchev–Trinajstić information content (AvgIpc) is 2.76. The van der Waals surface area contributed by atoms with Gasteiger partial charge in [0.05, 0.1) is 11.6 Å². The summed E-state index contributed by atoms with van der Waals surface area (Å²) in [6.07, 6.45) is 0. The molecule has 0 amide bonds. The molecule has 0 spiro atoms. The number of H-pyrrole nitrogens is 1. The van der Waals surface area contributed by atoms with Crippen molar-refractivity contribution in [2.24, 2.45) is 5.73 Å². The molecule has 3 N–H and O–H groups in total. The molecule has 4 heteroatoms. The quantitative estimate of drug-likeness (QED) is 0.738. The zero-order chi connectivity index (χ0) is 13.4. The molecule has 0 bridgehead atoms. The fraction of sp³-hybridized carbons (Fsp3) is 0.133. The minimum Gasteiger partial charge on any atom is -0.408 e. The Hall–Kier alpha value is -2.33. The molecule has 19 heavy (non-hydrogen) atoms. The third-order valence-corrected chi connectivity index (χ3v) is 3.21. The minimum absolute atomic E-state index is 0.232. The zero-order valence-corrected chi connectivity index (χ0v) is 10.5. The first-order valence-corrected chi connectivity index (χ1v) is 6.08. The molecule has 4 nitrogen and oxygen atoms in total. The molecule has 1 atom stereocenters. The molecule has 96 valence electrons. The fourth-order valence-electron chi connectivity index (χ4n) is 2.21. The van der Waals surface area contributed by atoms with Gasteiger partial charge in [0.1, 0.15) is 0 Å². The topological polar surface area (TPSA) is 72.0 Å². The third kappa shape index (κ3) is 2.18. The summed E-state index contributed by atoms with van der Waals surface area (Å²) in [7, 11) is 0. The number of nitrogens with one attached hydrogen (secondary N) is 1. The SMILES string of the molecule is Cc1cccc(C(N)c2ccc3[nH]c(=O)oc3c2)c1. The van der Waals surface area contributed by atoms with Crippen molar-refractivity contribution >= 4 is 11.1 Å². The van der Waals surface area contributed by atoms with Crippen molar-refractivity contribution < 1.29 is 4.42 Å². The molecule has 0 saturated heterocycles. The average molecular weight is 254 g/mol. The van der Waals surface area contributed by atoms with Crippen LogP contribution in [0, 0.1) is 6.92 Å². The van der Waals surface area contributed by atoms with Gasteiger partial charge >= 0.3 is 5.76 Å². The van der Waals surface area contributed by atoms with Crippen molar-refractivity contribution in [3.05, 3.63) is 69.7 Å². The number of aryl methyl sites for hydroxylation is 1. The van der Waals surface area contributed by atoms with E-state index in [0.29, 0.717) is 11.1 Å². The van der Waals surface area contributed by atoms with Gasteiger partial charge < -0.3 is 10.2 Å². The highest BCUT2D eigenvalue weighted by Crippen LogP contribution is 2.23. The number of rotatable bonds is 2. The predicted molar refractivity (Wildman–Crippen MR) is 74.0 cm³/mol. The largest absolute Gasteiger partial charge is 0.417 e. The van der Waals surface area contributed by atoms with Crippen molar-refractivity contribution in [3.8, 4) is 0 Å². The highest BCUT2D eigenvalue weighted by atomic mass is 16.4. The maximum atomic E-state index is 11.1. The van der Waals surface area contributed by atoms with Gasteiger partial charge in [0.25, 0.3) is 0 Å². The number of oxazole rings is 1. The van der Waals surface area contributed by atoms with E-state index in [1.165, 1.54) is 5.56 Å². The molecule has 1 aromatic heterocycles. The van der Waals surface area contributed by atoms with E-state index < -0.39 is 5.76 Å². The van der Waals surface area contributed by atoms with Crippen LogP contribution >= 0.6 is 0 Å². The summed E-state index contributed by atoms with van der Waals surface area (Å²) in [5.74, 6) is -0.448. The van der Waals surface area contributed by atoms with Crippen LogP contribution in [0.3, 0.4) is 0 Å². The molecule has 0 saturated carbocycles. The van der Waals surface area contributed by atoms with Crippen molar-refractivity contribution in [1.29, 1.82) is 0 Å². The van der Waals surface area contributed by atoms with E-state index in [1.807, 2.05) is 37.3 Å². The van der Waals surface area contributed by atoms with E-state index in [9.17, 15) is 4.79 Å². The van der Waals surface area contributed by atoms with Gasteiger partial charge in [-0.1, -0.05) is 35.9 Å². The molecule has 3 rings (SSSR count). The van der Waals surface area contributed by atoms with Crippen LogP contribution in [0.25, 0.3) is 11.1 Å². The Morgan fingerprint density at radius 2 is 1.95 bits per heavy atom. The van der Waals surface area contributed by atoms with Crippen LogP contribution in [-0.4, -0.2) is 4.98 Å². The van der Waals surface area contributed by atoms with Gasteiger partial charge in [-0.3, -0.25) is 4.98 Å². The normalized spacial score (nSPS) is 12.7. The lowest BCUT2D eigenvalue weighted by molar-refractivity contribution is 0.555. The monoisotopic (exact) mass is 254 g/mol. The Bertz CT molecular complexity index is 786. The van der Waals surface area contributed by atoms with Crippen LogP contribution in [0.4, 0.5) is 0 Å². The first-order valence-electron chi connectivity index (χ1n) is 6.08. The minimum atomic E-state index is -0.448. The van der Waals surface area contributed by atoms with Gasteiger partial charge in [0, 0.05) is 0 Å². The maximum absolute atomic E-state index is 11.1. The summed E-state index contributed by atoms with van der Waals surface area (Å²) in [6, 6.07) is 13.4. The number of fused-ring (bicyclic) bond motifs is 1. The molecule has 0 aliphatic rings. The van der Waals surface area contributed by atoms with Crippen LogP contribution in [0.1, 0.15) is 22.7 Å². The predicted octanol–water partition coefficient (Wildman–Crippen LogP) is 2.48. The number of benzene rings is 2. The molecule has 0 aliphatic carbocycles. The molecular formula is C15H14N2O2. The Labute approximate surface area is 109 Å². The summed E-state index contributed by atoms with van der Waals surface area (Å²) in [6.45, 7) is 2.03. The molecule has 3 aromatic rings. The fourth-order valence-corrected chi connectivity index (χ4v) is 2.21. The van der Waals surface area contributed by atoms with E-state index in [-0.39, 0.29) is 6.04 Å². The Balaban J connectivity index is 2.05. The lowest BCUT2D eigenvalue weighted by Crippen LogP contribution is -2.11. The van der Waals surface area contributed by atoms with Gasteiger partial charge in [0.2, 0.25) is 0 Å². The van der Waals surface area contributed by atoms with Gasteiger partial charge in [0.15, 0.2) is 5.58 Å². The highest BCUT2D eigenvalue weighted by Gasteiger charge is 2.11. The second-order valence-electron chi connectivity index (χ2n) is 4.66. The molecule has 2 aromatic carbocycles. The molecule has 0 fully saturated rings. The van der Waals surface area contributed by atoms with E-state index in [4.69, 9.17) is 10.2 Å². The Morgan fingerprint density at radius 3 is 2.74 bits per heavy atom. The summed E-state index contributed by atoms with van der Waals surface area (Å²) in [4.78, 5) is 13.7. The highest BCUT2D eigenvalue weighted by molar-refractivity contribution is 5.73.